The molecule has 0 aromatic carbocycles. The van der Waals surface area contributed by atoms with Crippen molar-refractivity contribution in [3.05, 3.63) is 11.5 Å². The number of aliphatic hydroxyl groups is 3. The summed E-state index contributed by atoms with van der Waals surface area (Å²) in [6, 6.07) is 0. The Morgan fingerprint density at radius 1 is 1.19 bits per heavy atom. The molecule has 2 rings (SSSR count). The van der Waals surface area contributed by atoms with Gasteiger partial charge in [0, 0.05) is 0 Å². The third kappa shape index (κ3) is 4.90. The Morgan fingerprint density at radius 2 is 1.81 bits per heavy atom. The number of esters is 2. The zero-order valence-corrected chi connectivity index (χ0v) is 15.7. The van der Waals surface area contributed by atoms with Gasteiger partial charge in [0.05, 0.1) is 5.92 Å². The first kappa shape index (κ1) is 20.6. The first-order chi connectivity index (χ1) is 12.2. The first-order valence-electron chi connectivity index (χ1n) is 9.38. The molecule has 0 aromatic heterocycles. The van der Waals surface area contributed by atoms with Crippen molar-refractivity contribution in [3.8, 4) is 0 Å². The molecule has 3 atom stereocenters. The van der Waals surface area contributed by atoms with Gasteiger partial charge in [0.15, 0.2) is 11.9 Å². The van der Waals surface area contributed by atoms with E-state index in [9.17, 15) is 24.9 Å². The maximum atomic E-state index is 12.3. The number of carbonyl (C=O) groups excluding carboxylic acids is 2. The zero-order valence-electron chi connectivity index (χ0n) is 15.7. The fourth-order valence-corrected chi connectivity index (χ4v) is 3.90. The van der Waals surface area contributed by atoms with Crippen LogP contribution in [0.1, 0.15) is 52.9 Å². The van der Waals surface area contributed by atoms with Crippen molar-refractivity contribution in [2.24, 2.45) is 23.7 Å². The summed E-state index contributed by atoms with van der Waals surface area (Å²) >= 11 is 0. The maximum Gasteiger partial charge on any atom is 0.377 e. The van der Waals surface area contributed by atoms with Crippen LogP contribution in [0.3, 0.4) is 0 Å². The largest absolute Gasteiger partial charge is 0.505 e. The summed E-state index contributed by atoms with van der Waals surface area (Å²) in [6.45, 7) is 5.87. The summed E-state index contributed by atoms with van der Waals surface area (Å²) in [6.07, 6.45) is 2.63. The van der Waals surface area contributed by atoms with E-state index in [1.807, 2.05) is 6.92 Å². The normalized spacial score (nSPS) is 28.8. The Labute approximate surface area is 154 Å². The van der Waals surface area contributed by atoms with Gasteiger partial charge < -0.3 is 24.8 Å². The average molecular weight is 370 g/mol. The Balaban J connectivity index is 1.77. The van der Waals surface area contributed by atoms with Crippen molar-refractivity contribution in [3.63, 3.8) is 0 Å². The highest BCUT2D eigenvalue weighted by atomic mass is 16.6. The lowest BCUT2D eigenvalue weighted by molar-refractivity contribution is -0.158. The molecule has 1 aliphatic carbocycles. The predicted octanol–water partition coefficient (Wildman–Crippen LogP) is 2.63. The Morgan fingerprint density at radius 3 is 2.31 bits per heavy atom. The van der Waals surface area contributed by atoms with E-state index < -0.39 is 42.3 Å². The van der Waals surface area contributed by atoms with E-state index in [2.05, 4.69) is 18.6 Å². The van der Waals surface area contributed by atoms with Gasteiger partial charge in [-0.2, -0.15) is 0 Å². The number of hydrogen-bond donors (Lipinski definition) is 3. The van der Waals surface area contributed by atoms with Crippen molar-refractivity contribution in [1.82, 2.24) is 0 Å². The summed E-state index contributed by atoms with van der Waals surface area (Å²) in [5, 5.41) is 28.7. The van der Waals surface area contributed by atoms with E-state index in [0.717, 1.165) is 31.6 Å². The lowest BCUT2D eigenvalue weighted by Crippen LogP contribution is -2.35. The number of hydrogen-bond acceptors (Lipinski definition) is 7. The molecule has 0 spiro atoms. The van der Waals surface area contributed by atoms with Crippen LogP contribution in [-0.4, -0.2) is 46.1 Å². The van der Waals surface area contributed by atoms with Crippen molar-refractivity contribution in [2.45, 2.75) is 65.1 Å². The molecule has 148 valence electrons. The van der Waals surface area contributed by atoms with E-state index in [1.54, 1.807) is 0 Å². The molecule has 1 saturated carbocycles. The minimum Gasteiger partial charge on any atom is -0.505 e. The van der Waals surface area contributed by atoms with Crippen LogP contribution >= 0.6 is 0 Å². The number of rotatable bonds is 7. The molecule has 26 heavy (non-hydrogen) atoms. The predicted molar refractivity (Wildman–Crippen MR) is 93.2 cm³/mol. The standard InChI is InChI=1S/C19H30O7/c1-10(2)8-12-4-6-13(7-5-12)11(3)18(23)25-9-14(20)17-15(21)16(22)19(24)26-17/h10-14,17,20-22H,4-9H2,1-3H3/t11?,12?,13?,14-,17+/m0/s1. The van der Waals surface area contributed by atoms with E-state index in [-0.39, 0.29) is 11.8 Å². The van der Waals surface area contributed by atoms with E-state index >= 15 is 0 Å². The summed E-state index contributed by atoms with van der Waals surface area (Å²) in [5.74, 6) is -1.76. The molecule has 1 unspecified atom stereocenters. The number of carbonyl (C=O) groups is 2. The number of aliphatic hydroxyl groups excluding tert-OH is 3. The van der Waals surface area contributed by atoms with Gasteiger partial charge in [-0.25, -0.2) is 4.79 Å². The molecule has 2 aliphatic rings. The van der Waals surface area contributed by atoms with Crippen LogP contribution in [0.15, 0.2) is 11.5 Å². The third-order valence-corrected chi connectivity index (χ3v) is 5.46. The molecular weight excluding hydrogens is 340 g/mol. The second-order valence-electron chi connectivity index (χ2n) is 7.96. The summed E-state index contributed by atoms with van der Waals surface area (Å²) in [7, 11) is 0. The highest BCUT2D eigenvalue weighted by Gasteiger charge is 2.40. The van der Waals surface area contributed by atoms with Gasteiger partial charge in [-0.3, -0.25) is 4.79 Å². The maximum absolute atomic E-state index is 12.3. The molecule has 0 aromatic rings. The summed E-state index contributed by atoms with van der Waals surface area (Å²) in [4.78, 5) is 23.4. The van der Waals surface area contributed by atoms with E-state index in [0.29, 0.717) is 5.92 Å². The molecule has 7 nitrogen and oxygen atoms in total. The SMILES string of the molecule is CC(C)CC1CCC(C(C)C(=O)OC[C@H](O)[C@H]2OC(=O)C(O)=C2O)CC1. The van der Waals surface area contributed by atoms with Crippen molar-refractivity contribution < 1.29 is 34.4 Å². The molecular formula is C19H30O7. The third-order valence-electron chi connectivity index (χ3n) is 5.46. The number of ether oxygens (including phenoxy) is 2. The highest BCUT2D eigenvalue weighted by Crippen LogP contribution is 2.36. The molecule has 3 N–H and O–H groups in total. The molecule has 0 bridgehead atoms. The Hall–Kier alpha value is -1.76. The quantitative estimate of drug-likeness (QED) is 0.590. The van der Waals surface area contributed by atoms with Gasteiger partial charge in [-0.05, 0) is 37.0 Å². The minimum absolute atomic E-state index is 0.268. The van der Waals surface area contributed by atoms with Gasteiger partial charge in [-0.1, -0.05) is 33.6 Å². The molecule has 1 fully saturated rings. The van der Waals surface area contributed by atoms with Gasteiger partial charge in [0.2, 0.25) is 5.76 Å². The lowest BCUT2D eigenvalue weighted by Gasteiger charge is -2.32. The molecule has 7 heteroatoms. The molecule has 0 amide bonds. The molecule has 0 radical (unpaired) electrons. The fourth-order valence-electron chi connectivity index (χ4n) is 3.90. The van der Waals surface area contributed by atoms with Gasteiger partial charge in [0.25, 0.3) is 0 Å². The van der Waals surface area contributed by atoms with Crippen LogP contribution in [0.4, 0.5) is 0 Å². The molecule has 1 aliphatic heterocycles. The van der Waals surface area contributed by atoms with Crippen LogP contribution in [-0.2, 0) is 19.1 Å². The van der Waals surface area contributed by atoms with Crippen LogP contribution in [0.2, 0.25) is 0 Å². The minimum atomic E-state index is -1.43. The van der Waals surface area contributed by atoms with Crippen LogP contribution in [0.25, 0.3) is 0 Å². The topological polar surface area (TPSA) is 113 Å². The van der Waals surface area contributed by atoms with Gasteiger partial charge in [0.1, 0.15) is 12.7 Å². The van der Waals surface area contributed by atoms with Gasteiger partial charge in [-0.15, -0.1) is 0 Å². The summed E-state index contributed by atoms with van der Waals surface area (Å²) in [5.41, 5.74) is 0. The smallest absolute Gasteiger partial charge is 0.377 e. The second-order valence-corrected chi connectivity index (χ2v) is 7.96. The Bertz CT molecular complexity index is 546. The molecule has 0 saturated heterocycles. The Kier molecular flexibility index (Phi) is 6.92. The zero-order chi connectivity index (χ0) is 19.4. The fraction of sp³-hybridized carbons (Fsp3) is 0.789. The van der Waals surface area contributed by atoms with Crippen LogP contribution in [0, 0.1) is 23.7 Å². The monoisotopic (exact) mass is 370 g/mol. The van der Waals surface area contributed by atoms with Crippen molar-refractivity contribution >= 4 is 11.9 Å². The highest BCUT2D eigenvalue weighted by molar-refractivity contribution is 5.89. The van der Waals surface area contributed by atoms with Crippen LogP contribution < -0.4 is 0 Å². The average Bonchev–Trinajstić information content (AvgIpc) is 2.86. The second kappa shape index (κ2) is 8.75. The van der Waals surface area contributed by atoms with E-state index in [4.69, 9.17) is 4.74 Å². The van der Waals surface area contributed by atoms with E-state index in [1.165, 1.54) is 6.42 Å². The number of cyclic esters (lactones) is 1. The van der Waals surface area contributed by atoms with Gasteiger partial charge >= 0.3 is 11.9 Å². The van der Waals surface area contributed by atoms with Crippen molar-refractivity contribution in [1.29, 1.82) is 0 Å². The van der Waals surface area contributed by atoms with Crippen LogP contribution in [0.5, 0.6) is 0 Å². The lowest BCUT2D eigenvalue weighted by atomic mass is 9.74. The first-order valence-corrected chi connectivity index (χ1v) is 9.38. The molecule has 1 heterocycles. The van der Waals surface area contributed by atoms with Crippen molar-refractivity contribution in [2.75, 3.05) is 6.61 Å². The summed E-state index contributed by atoms with van der Waals surface area (Å²) < 4.78 is 9.79.